The fourth-order valence-electron chi connectivity index (χ4n) is 1.38. The first-order valence-electron chi connectivity index (χ1n) is 4.61. The summed E-state index contributed by atoms with van der Waals surface area (Å²) < 4.78 is 0. The number of nitrogens with zero attached hydrogens (tertiary/aromatic N) is 2. The van der Waals surface area contributed by atoms with E-state index in [1.54, 1.807) is 6.21 Å². The van der Waals surface area contributed by atoms with E-state index in [2.05, 4.69) is 16.9 Å². The Morgan fingerprint density at radius 1 is 1.46 bits per heavy atom. The number of rotatable bonds is 2. The Kier molecular flexibility index (Phi) is 3.76. The standard InChI is InChI=1S/C9H18N4/c1-13-4-2-9(3-5-13)12-7-8(11)6-10/h6-7,9H,2-5,10-11H2,1H3. The first-order valence-corrected chi connectivity index (χ1v) is 4.61. The SMILES string of the molecule is CN1CCC(N=CC(N)=CN)CC1. The lowest BCUT2D eigenvalue weighted by Gasteiger charge is -2.26. The van der Waals surface area contributed by atoms with Gasteiger partial charge in [-0.2, -0.15) is 0 Å². The number of allylic oxidation sites excluding steroid dienone is 1. The number of nitrogens with two attached hydrogens (primary N) is 2. The Balaban J connectivity index is 2.34. The molecule has 1 aliphatic rings. The molecule has 1 aliphatic heterocycles. The van der Waals surface area contributed by atoms with E-state index in [0.29, 0.717) is 11.7 Å². The molecule has 0 unspecified atom stereocenters. The molecule has 0 radical (unpaired) electrons. The molecule has 0 aromatic carbocycles. The third-order valence-electron chi connectivity index (χ3n) is 2.31. The van der Waals surface area contributed by atoms with Crippen LogP contribution in [0.1, 0.15) is 12.8 Å². The van der Waals surface area contributed by atoms with Gasteiger partial charge in [-0.3, -0.25) is 4.99 Å². The van der Waals surface area contributed by atoms with Crippen molar-refractivity contribution in [1.82, 2.24) is 4.90 Å². The average molecular weight is 182 g/mol. The van der Waals surface area contributed by atoms with Crippen molar-refractivity contribution in [3.05, 3.63) is 11.9 Å². The van der Waals surface area contributed by atoms with Gasteiger partial charge >= 0.3 is 0 Å². The van der Waals surface area contributed by atoms with Crippen LogP contribution in [-0.2, 0) is 0 Å². The number of hydrogen-bond donors (Lipinski definition) is 2. The summed E-state index contributed by atoms with van der Waals surface area (Å²) in [5.74, 6) is 0. The maximum atomic E-state index is 5.49. The van der Waals surface area contributed by atoms with Crippen LogP contribution in [0.15, 0.2) is 16.9 Å². The van der Waals surface area contributed by atoms with Crippen LogP contribution in [-0.4, -0.2) is 37.3 Å². The van der Waals surface area contributed by atoms with Gasteiger partial charge in [-0.05, 0) is 33.0 Å². The van der Waals surface area contributed by atoms with Crippen molar-refractivity contribution in [2.45, 2.75) is 18.9 Å². The Hall–Kier alpha value is -1.03. The number of aliphatic imine (C=N–C) groups is 1. The Morgan fingerprint density at radius 2 is 2.08 bits per heavy atom. The zero-order valence-corrected chi connectivity index (χ0v) is 8.11. The highest BCUT2D eigenvalue weighted by Gasteiger charge is 2.14. The second-order valence-corrected chi connectivity index (χ2v) is 3.48. The summed E-state index contributed by atoms with van der Waals surface area (Å²) in [6.45, 7) is 2.24. The van der Waals surface area contributed by atoms with Crippen molar-refractivity contribution in [2.75, 3.05) is 20.1 Å². The van der Waals surface area contributed by atoms with Crippen molar-refractivity contribution in [3.8, 4) is 0 Å². The molecule has 0 aliphatic carbocycles. The normalized spacial score (nSPS) is 22.7. The van der Waals surface area contributed by atoms with Crippen LogP contribution in [0.5, 0.6) is 0 Å². The van der Waals surface area contributed by atoms with Crippen molar-refractivity contribution >= 4 is 6.21 Å². The van der Waals surface area contributed by atoms with E-state index in [4.69, 9.17) is 11.5 Å². The predicted octanol–water partition coefficient (Wildman–Crippen LogP) is -0.0898. The van der Waals surface area contributed by atoms with Gasteiger partial charge in [0.1, 0.15) is 0 Å². The molecule has 1 saturated heterocycles. The van der Waals surface area contributed by atoms with Crippen LogP contribution in [0.2, 0.25) is 0 Å². The molecule has 0 aromatic heterocycles. The quantitative estimate of drug-likeness (QED) is 0.586. The van der Waals surface area contributed by atoms with Gasteiger partial charge in [0.2, 0.25) is 0 Å². The summed E-state index contributed by atoms with van der Waals surface area (Å²) in [6, 6.07) is 0.426. The fraction of sp³-hybridized carbons (Fsp3) is 0.667. The largest absolute Gasteiger partial charge is 0.403 e. The highest BCUT2D eigenvalue weighted by Crippen LogP contribution is 2.11. The first-order chi connectivity index (χ1) is 6.22. The van der Waals surface area contributed by atoms with E-state index in [1.807, 2.05) is 0 Å². The Bertz CT molecular complexity index is 202. The van der Waals surface area contributed by atoms with Crippen LogP contribution < -0.4 is 11.5 Å². The highest BCUT2D eigenvalue weighted by molar-refractivity contribution is 5.77. The Labute approximate surface area is 79.3 Å². The Morgan fingerprint density at radius 3 is 2.62 bits per heavy atom. The van der Waals surface area contributed by atoms with E-state index in [9.17, 15) is 0 Å². The van der Waals surface area contributed by atoms with E-state index >= 15 is 0 Å². The molecule has 0 amide bonds. The van der Waals surface area contributed by atoms with Crippen LogP contribution in [0.4, 0.5) is 0 Å². The summed E-state index contributed by atoms with van der Waals surface area (Å²) in [5, 5.41) is 0. The molecule has 0 spiro atoms. The smallest absolute Gasteiger partial charge is 0.0653 e. The van der Waals surface area contributed by atoms with Gasteiger partial charge in [-0.25, -0.2) is 0 Å². The summed E-state index contributed by atoms with van der Waals surface area (Å²) in [7, 11) is 2.13. The molecule has 0 aromatic rings. The highest BCUT2D eigenvalue weighted by atomic mass is 15.1. The van der Waals surface area contributed by atoms with Gasteiger partial charge in [-0.1, -0.05) is 0 Å². The summed E-state index contributed by atoms with van der Waals surface area (Å²) in [4.78, 5) is 6.68. The zero-order valence-electron chi connectivity index (χ0n) is 8.11. The van der Waals surface area contributed by atoms with Crippen molar-refractivity contribution < 1.29 is 0 Å². The maximum absolute atomic E-state index is 5.49. The monoisotopic (exact) mass is 182 g/mol. The van der Waals surface area contributed by atoms with Gasteiger partial charge < -0.3 is 16.4 Å². The summed E-state index contributed by atoms with van der Waals surface area (Å²) >= 11 is 0. The minimum Gasteiger partial charge on any atom is -0.403 e. The summed E-state index contributed by atoms with van der Waals surface area (Å²) in [6.07, 6.45) is 5.27. The molecular weight excluding hydrogens is 164 g/mol. The fourth-order valence-corrected chi connectivity index (χ4v) is 1.38. The van der Waals surface area contributed by atoms with Crippen molar-refractivity contribution in [2.24, 2.45) is 16.5 Å². The minimum atomic E-state index is 0.426. The molecule has 0 saturated carbocycles. The molecular formula is C9H18N4. The predicted molar refractivity (Wildman–Crippen MR) is 55.5 cm³/mol. The minimum absolute atomic E-state index is 0.426. The number of likely N-dealkylation sites (tertiary alicyclic amines) is 1. The van der Waals surface area contributed by atoms with Gasteiger partial charge in [0, 0.05) is 12.4 Å². The zero-order chi connectivity index (χ0) is 9.68. The lowest BCUT2D eigenvalue weighted by Crippen LogP contribution is -2.32. The molecule has 1 heterocycles. The lowest BCUT2D eigenvalue weighted by atomic mass is 10.1. The molecule has 1 rings (SSSR count). The first kappa shape index (κ1) is 10.1. The molecule has 0 atom stereocenters. The van der Waals surface area contributed by atoms with Crippen LogP contribution in [0, 0.1) is 0 Å². The topological polar surface area (TPSA) is 67.6 Å². The molecule has 74 valence electrons. The molecule has 1 fully saturated rings. The third-order valence-corrected chi connectivity index (χ3v) is 2.31. The van der Waals surface area contributed by atoms with Gasteiger partial charge in [0.25, 0.3) is 0 Å². The molecule has 0 bridgehead atoms. The van der Waals surface area contributed by atoms with Gasteiger partial charge in [0.15, 0.2) is 0 Å². The van der Waals surface area contributed by atoms with Crippen LogP contribution in [0.3, 0.4) is 0 Å². The maximum Gasteiger partial charge on any atom is 0.0653 e. The van der Waals surface area contributed by atoms with E-state index in [1.165, 1.54) is 6.20 Å². The summed E-state index contributed by atoms with van der Waals surface area (Å²) in [5.41, 5.74) is 11.3. The molecule has 13 heavy (non-hydrogen) atoms. The van der Waals surface area contributed by atoms with E-state index in [0.717, 1.165) is 25.9 Å². The van der Waals surface area contributed by atoms with Gasteiger partial charge in [0.05, 0.1) is 11.7 Å². The van der Waals surface area contributed by atoms with Crippen LogP contribution >= 0.6 is 0 Å². The lowest BCUT2D eigenvalue weighted by molar-refractivity contribution is 0.257. The van der Waals surface area contributed by atoms with E-state index < -0.39 is 0 Å². The van der Waals surface area contributed by atoms with Crippen molar-refractivity contribution in [1.29, 1.82) is 0 Å². The van der Waals surface area contributed by atoms with Gasteiger partial charge in [-0.15, -0.1) is 0 Å². The second kappa shape index (κ2) is 4.87. The second-order valence-electron chi connectivity index (χ2n) is 3.48. The number of piperidine rings is 1. The molecule has 4 heteroatoms. The van der Waals surface area contributed by atoms with E-state index in [-0.39, 0.29) is 0 Å². The number of hydrogen-bond acceptors (Lipinski definition) is 4. The van der Waals surface area contributed by atoms with Crippen LogP contribution in [0.25, 0.3) is 0 Å². The molecule has 4 nitrogen and oxygen atoms in total. The molecule has 4 N–H and O–H groups in total. The third kappa shape index (κ3) is 3.46. The average Bonchev–Trinajstić information content (AvgIpc) is 2.16. The van der Waals surface area contributed by atoms with Crippen molar-refractivity contribution in [3.63, 3.8) is 0 Å².